The fraction of sp³-hybridized carbons (Fsp3) is 0.769. The molecule has 3 saturated carbocycles. The first-order valence-electron chi connectivity index (χ1n) is 12.9. The number of carbonyl (C=O) groups is 2. The highest BCUT2D eigenvalue weighted by Crippen LogP contribution is 2.55. The van der Waals surface area contributed by atoms with Gasteiger partial charge in [-0.3, -0.25) is 14.6 Å². The molecule has 0 spiro atoms. The summed E-state index contributed by atoms with van der Waals surface area (Å²) in [5, 5.41) is 18.0. The molecule has 0 saturated heterocycles. The van der Waals surface area contributed by atoms with Gasteiger partial charge in [-0.2, -0.15) is 0 Å². The van der Waals surface area contributed by atoms with Crippen LogP contribution in [0.1, 0.15) is 89.0 Å². The van der Waals surface area contributed by atoms with Crippen LogP contribution in [0.15, 0.2) is 18.6 Å². The highest BCUT2D eigenvalue weighted by molar-refractivity contribution is 5.92. The Kier molecular flexibility index (Phi) is 7.37. The molecule has 7 heteroatoms. The molecular weight excluding hydrogens is 416 g/mol. The lowest BCUT2D eigenvalue weighted by atomic mass is 9.51. The molecule has 3 aliphatic carbocycles. The van der Waals surface area contributed by atoms with Crippen LogP contribution in [0.5, 0.6) is 0 Å². The number of hydrogen-bond donors (Lipinski definition) is 3. The van der Waals surface area contributed by atoms with Gasteiger partial charge in [0.1, 0.15) is 5.69 Å². The summed E-state index contributed by atoms with van der Waals surface area (Å²) in [5.41, 5.74) is 0.344. The molecule has 0 aliphatic heterocycles. The zero-order chi connectivity index (χ0) is 23.6. The summed E-state index contributed by atoms with van der Waals surface area (Å²) < 4.78 is 0. The fourth-order valence-electron chi connectivity index (χ4n) is 6.93. The molecule has 1 heterocycles. The number of nitrogens with one attached hydrogen (secondary N) is 2. The Bertz CT molecular complexity index is 828. The van der Waals surface area contributed by atoms with Crippen LogP contribution in [-0.4, -0.2) is 45.1 Å². The second kappa shape index (κ2) is 10.1. The molecule has 182 valence electrons. The number of rotatable bonds is 5. The maximum Gasteiger partial charge on any atom is 0.271 e. The molecule has 2 amide bonds. The average Bonchev–Trinajstić information content (AvgIpc) is 2.82. The molecular formula is C26H40N4O3. The molecule has 4 rings (SSSR count). The summed E-state index contributed by atoms with van der Waals surface area (Å²) in [6.45, 7) is 6.40. The maximum absolute atomic E-state index is 13.1. The topological polar surface area (TPSA) is 104 Å². The molecule has 33 heavy (non-hydrogen) atoms. The summed E-state index contributed by atoms with van der Waals surface area (Å²) in [5.74, 6) is -0.245. The molecule has 3 N–H and O–H groups in total. The number of hydrogen-bond acceptors (Lipinski definition) is 5. The van der Waals surface area contributed by atoms with Crippen LogP contribution in [0, 0.1) is 29.1 Å². The Morgan fingerprint density at radius 1 is 1.09 bits per heavy atom. The summed E-state index contributed by atoms with van der Waals surface area (Å²) >= 11 is 0. The zero-order valence-electron chi connectivity index (χ0n) is 20.3. The third kappa shape index (κ3) is 5.08. The first kappa shape index (κ1) is 24.1. The molecule has 7 nitrogen and oxygen atoms in total. The maximum atomic E-state index is 13.1. The van der Waals surface area contributed by atoms with E-state index in [0.29, 0.717) is 5.69 Å². The Morgan fingerprint density at radius 3 is 2.52 bits per heavy atom. The van der Waals surface area contributed by atoms with Crippen molar-refractivity contribution in [3.8, 4) is 0 Å². The summed E-state index contributed by atoms with van der Waals surface area (Å²) in [6, 6.07) is 0.256. The zero-order valence-corrected chi connectivity index (χ0v) is 20.3. The van der Waals surface area contributed by atoms with Gasteiger partial charge in [0.05, 0.1) is 12.3 Å². The number of carbonyl (C=O) groups excluding carboxylic acids is 2. The van der Waals surface area contributed by atoms with E-state index in [0.717, 1.165) is 38.5 Å². The van der Waals surface area contributed by atoms with Crippen molar-refractivity contribution in [2.24, 2.45) is 29.1 Å². The number of aliphatic hydroxyl groups is 1. The summed E-state index contributed by atoms with van der Waals surface area (Å²) in [6.07, 6.45) is 13.5. The van der Waals surface area contributed by atoms with Gasteiger partial charge in [-0.25, -0.2) is 4.98 Å². The molecule has 0 aromatic carbocycles. The average molecular weight is 457 g/mol. The molecule has 1 unspecified atom stereocenters. The van der Waals surface area contributed by atoms with Gasteiger partial charge in [0.25, 0.3) is 5.91 Å². The van der Waals surface area contributed by atoms with E-state index in [9.17, 15) is 14.7 Å². The van der Waals surface area contributed by atoms with Crippen molar-refractivity contribution in [2.45, 2.75) is 96.7 Å². The van der Waals surface area contributed by atoms with Gasteiger partial charge >= 0.3 is 0 Å². The smallest absolute Gasteiger partial charge is 0.271 e. The Hall–Kier alpha value is -2.02. The van der Waals surface area contributed by atoms with E-state index in [-0.39, 0.29) is 53.0 Å². The SMILES string of the molecule is C[C@H]1[C@@H]2[C@@H](O)C([C@H](C)C(=O)NC3CCCCC3)CC[C@@]2(C)CC[C@@H]1NC(=O)c1cnccn1. The molecule has 3 aliphatic rings. The van der Waals surface area contributed by atoms with Crippen LogP contribution in [0.2, 0.25) is 0 Å². The van der Waals surface area contributed by atoms with Gasteiger partial charge < -0.3 is 15.7 Å². The first-order chi connectivity index (χ1) is 15.8. The third-order valence-electron chi connectivity index (χ3n) is 9.01. The van der Waals surface area contributed by atoms with Gasteiger partial charge in [0.15, 0.2) is 0 Å². The third-order valence-corrected chi connectivity index (χ3v) is 9.01. The van der Waals surface area contributed by atoms with Crippen molar-refractivity contribution < 1.29 is 14.7 Å². The largest absolute Gasteiger partial charge is 0.392 e. The molecule has 7 atom stereocenters. The number of aromatic nitrogens is 2. The molecule has 3 fully saturated rings. The highest BCUT2D eigenvalue weighted by atomic mass is 16.3. The highest BCUT2D eigenvalue weighted by Gasteiger charge is 2.54. The van der Waals surface area contributed by atoms with Crippen molar-refractivity contribution in [1.29, 1.82) is 0 Å². The van der Waals surface area contributed by atoms with Gasteiger partial charge in [0.2, 0.25) is 5.91 Å². The molecule has 1 aromatic heterocycles. The predicted molar refractivity (Wildman–Crippen MR) is 126 cm³/mol. The van der Waals surface area contributed by atoms with E-state index in [4.69, 9.17) is 0 Å². The van der Waals surface area contributed by atoms with Crippen LogP contribution in [0.3, 0.4) is 0 Å². The van der Waals surface area contributed by atoms with E-state index < -0.39 is 6.10 Å². The van der Waals surface area contributed by atoms with Crippen LogP contribution < -0.4 is 10.6 Å². The van der Waals surface area contributed by atoms with Crippen LogP contribution in [-0.2, 0) is 4.79 Å². The molecule has 0 radical (unpaired) electrons. The molecule has 1 aromatic rings. The van der Waals surface area contributed by atoms with Crippen molar-refractivity contribution in [2.75, 3.05) is 0 Å². The normalized spacial score (nSPS) is 35.8. The number of amides is 2. The van der Waals surface area contributed by atoms with E-state index >= 15 is 0 Å². The lowest BCUT2D eigenvalue weighted by Gasteiger charge is -2.56. The lowest BCUT2D eigenvalue weighted by molar-refractivity contribution is -0.142. The van der Waals surface area contributed by atoms with Gasteiger partial charge in [-0.1, -0.05) is 40.0 Å². The first-order valence-corrected chi connectivity index (χ1v) is 12.9. The van der Waals surface area contributed by atoms with E-state index in [1.807, 2.05) is 6.92 Å². The van der Waals surface area contributed by atoms with Crippen LogP contribution >= 0.6 is 0 Å². The standard InChI is InChI=1S/C26H40N4O3/c1-16(24(32)29-18-7-5-4-6-8-18)19-9-11-26(3)12-10-20(17(2)22(26)23(19)31)30-25(33)21-15-27-13-14-28-21/h13-20,22-23,31H,4-12H2,1-3H3,(H,29,32)(H,30,33)/t16-,17+,19?,20-,22+,23-,26-/m0/s1. The number of aliphatic hydroxyl groups excluding tert-OH is 1. The molecule has 0 bridgehead atoms. The van der Waals surface area contributed by atoms with Crippen molar-refractivity contribution >= 4 is 11.8 Å². The lowest BCUT2D eigenvalue weighted by Crippen LogP contribution is -2.58. The van der Waals surface area contributed by atoms with Crippen molar-refractivity contribution in [3.63, 3.8) is 0 Å². The van der Waals surface area contributed by atoms with Gasteiger partial charge in [-0.05, 0) is 61.7 Å². The van der Waals surface area contributed by atoms with E-state index in [2.05, 4.69) is 34.4 Å². The minimum atomic E-state index is -0.554. The number of fused-ring (bicyclic) bond motifs is 1. The Labute approximate surface area is 197 Å². The summed E-state index contributed by atoms with van der Waals surface area (Å²) in [7, 11) is 0. The van der Waals surface area contributed by atoms with Gasteiger partial charge in [-0.15, -0.1) is 0 Å². The van der Waals surface area contributed by atoms with Crippen LogP contribution in [0.25, 0.3) is 0 Å². The Balaban J connectivity index is 1.43. The second-order valence-corrected chi connectivity index (χ2v) is 11.1. The van der Waals surface area contributed by atoms with Crippen molar-refractivity contribution in [3.05, 3.63) is 24.3 Å². The monoisotopic (exact) mass is 456 g/mol. The minimum Gasteiger partial charge on any atom is -0.392 e. The Morgan fingerprint density at radius 2 is 1.82 bits per heavy atom. The van der Waals surface area contributed by atoms with Crippen LogP contribution in [0.4, 0.5) is 0 Å². The van der Waals surface area contributed by atoms with Gasteiger partial charge in [0, 0.05) is 30.4 Å². The van der Waals surface area contributed by atoms with E-state index in [1.54, 1.807) is 6.20 Å². The van der Waals surface area contributed by atoms with Crippen molar-refractivity contribution in [1.82, 2.24) is 20.6 Å². The fourth-order valence-corrected chi connectivity index (χ4v) is 6.93. The second-order valence-electron chi connectivity index (χ2n) is 11.1. The number of nitrogens with zero attached hydrogens (tertiary/aromatic N) is 2. The quantitative estimate of drug-likeness (QED) is 0.629. The minimum absolute atomic E-state index is 0.0302. The van der Waals surface area contributed by atoms with E-state index in [1.165, 1.54) is 31.7 Å². The summed E-state index contributed by atoms with van der Waals surface area (Å²) in [4.78, 5) is 33.9. The predicted octanol–water partition coefficient (Wildman–Crippen LogP) is 3.48.